The second-order valence-corrected chi connectivity index (χ2v) is 8.86. The maximum absolute atomic E-state index is 13.9. The number of amides is 1. The monoisotopic (exact) mass is 450 g/mol. The Balaban J connectivity index is 1.46. The van der Waals surface area contributed by atoms with E-state index in [9.17, 15) is 13.6 Å². The Morgan fingerprint density at radius 3 is 2.45 bits per heavy atom. The van der Waals surface area contributed by atoms with Crippen LogP contribution in [0, 0.1) is 30.4 Å². The van der Waals surface area contributed by atoms with E-state index in [-0.39, 0.29) is 41.2 Å². The highest BCUT2D eigenvalue weighted by atomic mass is 19.1. The molecule has 1 aliphatic carbocycles. The van der Waals surface area contributed by atoms with E-state index in [0.717, 1.165) is 25.2 Å². The number of aryl methyl sites for hydroxylation is 1. The van der Waals surface area contributed by atoms with Crippen LogP contribution in [0.15, 0.2) is 48.8 Å². The van der Waals surface area contributed by atoms with E-state index < -0.39 is 5.82 Å². The van der Waals surface area contributed by atoms with Gasteiger partial charge in [-0.15, -0.1) is 0 Å². The minimum Gasteiger partial charge on any atom is -0.491 e. The summed E-state index contributed by atoms with van der Waals surface area (Å²) in [5.41, 5.74) is 1.42. The largest absolute Gasteiger partial charge is 0.491 e. The van der Waals surface area contributed by atoms with E-state index in [1.165, 1.54) is 12.1 Å². The lowest BCUT2D eigenvalue weighted by atomic mass is 9.64. The van der Waals surface area contributed by atoms with Gasteiger partial charge in [-0.2, -0.15) is 0 Å². The molecule has 170 valence electrons. The number of pyridine rings is 1. The minimum absolute atomic E-state index is 0.116. The molecule has 0 N–H and O–H groups in total. The molecule has 33 heavy (non-hydrogen) atoms. The fourth-order valence-electron chi connectivity index (χ4n) is 4.86. The number of fused-ring (bicyclic) bond motifs is 2. The van der Waals surface area contributed by atoms with Crippen LogP contribution in [0.3, 0.4) is 0 Å². The molecule has 4 heterocycles. The van der Waals surface area contributed by atoms with Crippen molar-refractivity contribution in [1.82, 2.24) is 19.9 Å². The first-order valence-electron chi connectivity index (χ1n) is 11.1. The first kappa shape index (κ1) is 21.4. The van der Waals surface area contributed by atoms with E-state index in [0.29, 0.717) is 29.5 Å². The number of nitrogens with zero attached hydrogens (tertiary/aromatic N) is 4. The summed E-state index contributed by atoms with van der Waals surface area (Å²) in [7, 11) is 0. The number of carbonyl (C=O) groups excluding carboxylic acids is 1. The zero-order chi connectivity index (χ0) is 23.1. The molecule has 2 atom stereocenters. The van der Waals surface area contributed by atoms with Gasteiger partial charge < -0.3 is 9.64 Å². The van der Waals surface area contributed by atoms with E-state index in [1.54, 1.807) is 24.3 Å². The van der Waals surface area contributed by atoms with E-state index in [1.807, 2.05) is 11.8 Å². The molecule has 1 aromatic carbocycles. The molecule has 2 bridgehead atoms. The summed E-state index contributed by atoms with van der Waals surface area (Å²) in [5, 5.41) is 0. The maximum atomic E-state index is 13.9. The summed E-state index contributed by atoms with van der Waals surface area (Å²) < 4.78 is 32.6. The molecule has 6 rings (SSSR count). The molecule has 2 saturated heterocycles. The van der Waals surface area contributed by atoms with Gasteiger partial charge in [0.25, 0.3) is 5.91 Å². The number of hydrogen-bond acceptors (Lipinski definition) is 5. The molecule has 0 radical (unpaired) electrons. The van der Waals surface area contributed by atoms with Crippen molar-refractivity contribution in [3.8, 4) is 17.1 Å². The third-order valence-corrected chi connectivity index (χ3v) is 6.82. The zero-order valence-corrected chi connectivity index (χ0v) is 18.4. The van der Waals surface area contributed by atoms with Gasteiger partial charge in [0.2, 0.25) is 0 Å². The normalized spacial score (nSPS) is 23.7. The summed E-state index contributed by atoms with van der Waals surface area (Å²) in [6.45, 7) is 4.27. The predicted molar refractivity (Wildman–Crippen MR) is 117 cm³/mol. The van der Waals surface area contributed by atoms with Gasteiger partial charge in [0, 0.05) is 11.7 Å². The second kappa shape index (κ2) is 8.50. The predicted octanol–water partition coefficient (Wildman–Crippen LogP) is 4.44. The number of aromatic nitrogens is 3. The van der Waals surface area contributed by atoms with Gasteiger partial charge in [0.15, 0.2) is 11.6 Å². The van der Waals surface area contributed by atoms with Crippen LogP contribution in [0.1, 0.15) is 35.9 Å². The van der Waals surface area contributed by atoms with Crippen molar-refractivity contribution in [2.75, 3.05) is 6.61 Å². The number of halogens is 2. The van der Waals surface area contributed by atoms with Gasteiger partial charge in [-0.05, 0) is 68.0 Å². The quantitative estimate of drug-likeness (QED) is 0.575. The highest BCUT2D eigenvalue weighted by Gasteiger charge is 2.51. The smallest absolute Gasteiger partial charge is 0.273 e. The maximum Gasteiger partial charge on any atom is 0.273 e. The molecule has 3 fully saturated rings. The number of rotatable bonds is 5. The SMILES string of the molecule is Cc1ccc(-c2ncc(F)cn2)c(C(=O)N2C3CC(C3)[C@@H](C)C2COc2ccc(F)cc2)n1. The van der Waals surface area contributed by atoms with Crippen molar-refractivity contribution < 1.29 is 18.3 Å². The van der Waals surface area contributed by atoms with E-state index in [4.69, 9.17) is 4.74 Å². The molecule has 2 aromatic heterocycles. The molecule has 3 aliphatic rings. The number of hydrogen-bond donors (Lipinski definition) is 0. The van der Waals surface area contributed by atoms with Crippen molar-refractivity contribution in [1.29, 1.82) is 0 Å². The van der Waals surface area contributed by atoms with Crippen LogP contribution in [-0.4, -0.2) is 44.4 Å². The van der Waals surface area contributed by atoms with E-state index >= 15 is 0 Å². The van der Waals surface area contributed by atoms with Crippen molar-refractivity contribution in [3.05, 3.63) is 71.8 Å². The Morgan fingerprint density at radius 1 is 1.06 bits per heavy atom. The Bertz CT molecular complexity index is 1160. The number of ether oxygens (including phenoxy) is 1. The van der Waals surface area contributed by atoms with Crippen LogP contribution >= 0.6 is 0 Å². The van der Waals surface area contributed by atoms with Crippen molar-refractivity contribution in [2.45, 2.75) is 38.8 Å². The minimum atomic E-state index is -0.546. The number of carbonyl (C=O) groups is 1. The van der Waals surface area contributed by atoms with Crippen LogP contribution in [0.5, 0.6) is 5.75 Å². The first-order chi connectivity index (χ1) is 15.9. The van der Waals surface area contributed by atoms with Gasteiger partial charge in [0.05, 0.1) is 24.0 Å². The van der Waals surface area contributed by atoms with E-state index in [2.05, 4.69) is 21.9 Å². The average molecular weight is 450 g/mol. The summed E-state index contributed by atoms with van der Waals surface area (Å²) >= 11 is 0. The third kappa shape index (κ3) is 4.05. The summed E-state index contributed by atoms with van der Waals surface area (Å²) in [6.07, 6.45) is 4.06. The lowest BCUT2D eigenvalue weighted by Gasteiger charge is -2.57. The summed E-state index contributed by atoms with van der Waals surface area (Å²) in [5.74, 6) is 0.528. The number of piperidine rings is 2. The first-order valence-corrected chi connectivity index (χ1v) is 11.1. The molecule has 2 aliphatic heterocycles. The lowest BCUT2D eigenvalue weighted by Crippen LogP contribution is -2.64. The van der Waals surface area contributed by atoms with Crippen LogP contribution in [0.25, 0.3) is 11.4 Å². The van der Waals surface area contributed by atoms with Gasteiger partial charge in [0.1, 0.15) is 23.9 Å². The van der Waals surface area contributed by atoms with Crippen LogP contribution in [0.4, 0.5) is 8.78 Å². The highest BCUT2D eigenvalue weighted by molar-refractivity contribution is 5.98. The van der Waals surface area contributed by atoms with Gasteiger partial charge in [-0.1, -0.05) is 6.92 Å². The Labute approximate surface area is 190 Å². The van der Waals surface area contributed by atoms with Crippen LogP contribution in [-0.2, 0) is 0 Å². The summed E-state index contributed by atoms with van der Waals surface area (Å²) in [6, 6.07) is 9.38. The van der Waals surface area contributed by atoms with Crippen LogP contribution < -0.4 is 4.74 Å². The second-order valence-electron chi connectivity index (χ2n) is 8.86. The Morgan fingerprint density at radius 2 is 1.76 bits per heavy atom. The molecule has 0 spiro atoms. The van der Waals surface area contributed by atoms with Gasteiger partial charge >= 0.3 is 0 Å². The standard InChI is InChI=1S/C25H24F2N4O2/c1-14-3-8-21(24-28-11-18(27)12-29-24)23(30-14)25(32)31-19-9-16(10-19)15(2)22(31)13-33-20-6-4-17(26)5-7-20/h3-8,11-12,15-16,19,22H,9-10,13H2,1-2H3/t15-,16?,19?,22?/m1/s1. The summed E-state index contributed by atoms with van der Waals surface area (Å²) in [4.78, 5) is 28.4. The van der Waals surface area contributed by atoms with Crippen molar-refractivity contribution in [2.24, 2.45) is 11.8 Å². The molecule has 6 nitrogen and oxygen atoms in total. The molecule has 3 aromatic rings. The Hall–Kier alpha value is -3.42. The lowest BCUT2D eigenvalue weighted by molar-refractivity contribution is -0.0672. The third-order valence-electron chi connectivity index (χ3n) is 6.82. The number of benzene rings is 1. The molecule has 8 heteroatoms. The van der Waals surface area contributed by atoms with Gasteiger partial charge in [-0.3, -0.25) is 4.79 Å². The van der Waals surface area contributed by atoms with Crippen molar-refractivity contribution >= 4 is 5.91 Å². The average Bonchev–Trinajstić information content (AvgIpc) is 2.78. The topological polar surface area (TPSA) is 68.2 Å². The van der Waals surface area contributed by atoms with Crippen LogP contribution in [0.2, 0.25) is 0 Å². The Kier molecular flexibility index (Phi) is 5.52. The van der Waals surface area contributed by atoms with Gasteiger partial charge in [-0.25, -0.2) is 23.7 Å². The fraction of sp³-hybridized carbons (Fsp3) is 0.360. The molecule has 1 unspecified atom stereocenters. The molecular weight excluding hydrogens is 426 g/mol. The molecule has 1 saturated carbocycles. The molecular formula is C25H24F2N4O2. The fourth-order valence-corrected chi connectivity index (χ4v) is 4.86. The van der Waals surface area contributed by atoms with Crippen molar-refractivity contribution in [3.63, 3.8) is 0 Å². The highest BCUT2D eigenvalue weighted by Crippen LogP contribution is 2.47. The molecule has 1 amide bonds. The zero-order valence-electron chi connectivity index (χ0n) is 18.4.